The number of hydrogen-bond acceptors (Lipinski definition) is 2. The zero-order chi connectivity index (χ0) is 8.81. The molecular formula is C8H13N3O. The van der Waals surface area contributed by atoms with E-state index in [1.807, 2.05) is 29.2 Å². The number of nitrogens with one attached hydrogen (secondary N) is 2. The van der Waals surface area contributed by atoms with Gasteiger partial charge in [0.05, 0.1) is 0 Å². The van der Waals surface area contributed by atoms with E-state index in [1.165, 1.54) is 6.92 Å². The second-order valence-electron chi connectivity index (χ2n) is 2.48. The Morgan fingerprint density at radius 2 is 2.00 bits per heavy atom. The highest BCUT2D eigenvalue weighted by Crippen LogP contribution is 1.83. The van der Waals surface area contributed by atoms with Crippen LogP contribution in [0.5, 0.6) is 0 Å². The average Bonchev–Trinajstić information content (AvgIpc) is 2.49. The van der Waals surface area contributed by atoms with Crippen LogP contribution in [0.2, 0.25) is 0 Å². The Balaban J connectivity index is 2.07. The van der Waals surface area contributed by atoms with Gasteiger partial charge in [0, 0.05) is 32.4 Å². The molecule has 0 atom stereocenters. The third-order valence-corrected chi connectivity index (χ3v) is 1.40. The summed E-state index contributed by atoms with van der Waals surface area (Å²) in [7, 11) is 0. The second kappa shape index (κ2) is 4.43. The van der Waals surface area contributed by atoms with Crippen molar-refractivity contribution in [2.24, 2.45) is 0 Å². The number of carbonyl (C=O) groups excluding carboxylic acids is 1. The molecule has 0 aromatic carbocycles. The van der Waals surface area contributed by atoms with Crippen LogP contribution in [-0.4, -0.2) is 23.7 Å². The summed E-state index contributed by atoms with van der Waals surface area (Å²) < 4.78 is 1.85. The van der Waals surface area contributed by atoms with E-state index in [2.05, 4.69) is 10.7 Å². The highest BCUT2D eigenvalue weighted by Gasteiger charge is 1.89. The van der Waals surface area contributed by atoms with Crippen LogP contribution in [0.15, 0.2) is 24.5 Å². The minimum atomic E-state index is 0.00399. The highest BCUT2D eigenvalue weighted by atomic mass is 16.1. The molecule has 0 radical (unpaired) electrons. The largest absolute Gasteiger partial charge is 0.355 e. The quantitative estimate of drug-likeness (QED) is 0.628. The molecule has 0 unspecified atom stereocenters. The van der Waals surface area contributed by atoms with Gasteiger partial charge in [-0.2, -0.15) is 0 Å². The first kappa shape index (κ1) is 8.64. The summed E-state index contributed by atoms with van der Waals surface area (Å²) in [6, 6.07) is 3.87. The molecule has 12 heavy (non-hydrogen) atoms. The van der Waals surface area contributed by atoms with Crippen LogP contribution < -0.4 is 10.7 Å². The Morgan fingerprint density at radius 1 is 1.33 bits per heavy atom. The third kappa shape index (κ3) is 3.09. The summed E-state index contributed by atoms with van der Waals surface area (Å²) in [4.78, 5) is 10.5. The molecule has 0 aliphatic rings. The molecule has 2 N–H and O–H groups in total. The smallest absolute Gasteiger partial charge is 0.216 e. The Kier molecular flexibility index (Phi) is 3.19. The van der Waals surface area contributed by atoms with Crippen LogP contribution in [0.3, 0.4) is 0 Å². The molecule has 0 saturated heterocycles. The topological polar surface area (TPSA) is 46.1 Å². The van der Waals surface area contributed by atoms with Crippen LogP contribution in [0.1, 0.15) is 6.92 Å². The molecule has 0 fully saturated rings. The standard InChI is InChI=1S/C8H13N3O/c1-8(12)9-4-5-10-11-6-2-3-7-11/h2-3,6-7,10H,4-5H2,1H3,(H,9,12). The Hall–Kier alpha value is -1.45. The number of carbonyl (C=O) groups is 1. The normalized spacial score (nSPS) is 9.42. The number of rotatable bonds is 4. The number of aromatic nitrogens is 1. The van der Waals surface area contributed by atoms with Gasteiger partial charge in [-0.25, -0.2) is 0 Å². The van der Waals surface area contributed by atoms with Crippen LogP contribution >= 0.6 is 0 Å². The predicted molar refractivity (Wildman–Crippen MR) is 47.3 cm³/mol. The molecule has 1 aromatic rings. The molecule has 66 valence electrons. The van der Waals surface area contributed by atoms with E-state index in [9.17, 15) is 4.79 Å². The van der Waals surface area contributed by atoms with E-state index >= 15 is 0 Å². The van der Waals surface area contributed by atoms with Crippen LogP contribution in [0, 0.1) is 0 Å². The van der Waals surface area contributed by atoms with Crippen molar-refractivity contribution in [2.45, 2.75) is 6.92 Å². The van der Waals surface area contributed by atoms with Gasteiger partial charge in [0.2, 0.25) is 5.91 Å². The number of hydrogen-bond donors (Lipinski definition) is 2. The maximum atomic E-state index is 10.5. The first-order chi connectivity index (χ1) is 5.79. The van der Waals surface area contributed by atoms with Crippen molar-refractivity contribution in [3.63, 3.8) is 0 Å². The van der Waals surface area contributed by atoms with Crippen LogP contribution in [0.25, 0.3) is 0 Å². The monoisotopic (exact) mass is 167 g/mol. The van der Waals surface area contributed by atoms with Gasteiger partial charge in [0.1, 0.15) is 0 Å². The van der Waals surface area contributed by atoms with Crippen molar-refractivity contribution < 1.29 is 4.79 Å². The molecule has 1 rings (SSSR count). The first-order valence-electron chi connectivity index (χ1n) is 3.90. The SMILES string of the molecule is CC(=O)NCCNn1cccc1. The van der Waals surface area contributed by atoms with Crippen molar-refractivity contribution >= 4 is 5.91 Å². The van der Waals surface area contributed by atoms with E-state index in [1.54, 1.807) is 0 Å². The van der Waals surface area contributed by atoms with Gasteiger partial charge in [-0.15, -0.1) is 0 Å². The zero-order valence-corrected chi connectivity index (χ0v) is 7.08. The minimum Gasteiger partial charge on any atom is -0.355 e. The van der Waals surface area contributed by atoms with Gasteiger partial charge < -0.3 is 10.7 Å². The molecule has 4 nitrogen and oxygen atoms in total. The average molecular weight is 167 g/mol. The maximum Gasteiger partial charge on any atom is 0.216 e. The highest BCUT2D eigenvalue weighted by molar-refractivity contribution is 5.72. The molecule has 4 heteroatoms. The van der Waals surface area contributed by atoms with E-state index in [0.29, 0.717) is 6.54 Å². The number of nitrogens with zero attached hydrogens (tertiary/aromatic N) is 1. The lowest BCUT2D eigenvalue weighted by Crippen LogP contribution is -2.29. The van der Waals surface area contributed by atoms with Gasteiger partial charge in [0.25, 0.3) is 0 Å². The zero-order valence-electron chi connectivity index (χ0n) is 7.08. The van der Waals surface area contributed by atoms with Gasteiger partial charge in [-0.05, 0) is 12.1 Å². The van der Waals surface area contributed by atoms with Crippen molar-refractivity contribution in [1.82, 2.24) is 9.99 Å². The molecule has 1 heterocycles. The van der Waals surface area contributed by atoms with E-state index in [0.717, 1.165) is 6.54 Å². The second-order valence-corrected chi connectivity index (χ2v) is 2.48. The molecule has 0 aliphatic heterocycles. The van der Waals surface area contributed by atoms with Gasteiger partial charge in [-0.3, -0.25) is 9.47 Å². The third-order valence-electron chi connectivity index (χ3n) is 1.40. The lowest BCUT2D eigenvalue weighted by molar-refractivity contribution is -0.118. The fraction of sp³-hybridized carbons (Fsp3) is 0.375. The van der Waals surface area contributed by atoms with Gasteiger partial charge in [-0.1, -0.05) is 0 Å². The predicted octanol–water partition coefficient (Wildman–Crippen LogP) is 0.168. The van der Waals surface area contributed by atoms with Crippen molar-refractivity contribution in [3.8, 4) is 0 Å². The fourth-order valence-electron chi connectivity index (χ4n) is 0.863. The molecule has 1 aromatic heterocycles. The lowest BCUT2D eigenvalue weighted by Gasteiger charge is -2.06. The van der Waals surface area contributed by atoms with Crippen molar-refractivity contribution in [3.05, 3.63) is 24.5 Å². The Labute approximate surface area is 71.5 Å². The summed E-state index contributed by atoms with van der Waals surface area (Å²) in [5.41, 5.74) is 3.08. The minimum absolute atomic E-state index is 0.00399. The summed E-state index contributed by atoms with van der Waals surface area (Å²) in [6.07, 6.45) is 3.82. The van der Waals surface area contributed by atoms with Gasteiger partial charge >= 0.3 is 0 Å². The number of amides is 1. The lowest BCUT2D eigenvalue weighted by atomic mass is 10.6. The molecule has 0 saturated carbocycles. The summed E-state index contributed by atoms with van der Waals surface area (Å²) in [5.74, 6) is 0.00399. The van der Waals surface area contributed by atoms with E-state index in [-0.39, 0.29) is 5.91 Å². The van der Waals surface area contributed by atoms with E-state index < -0.39 is 0 Å². The van der Waals surface area contributed by atoms with Crippen molar-refractivity contribution in [2.75, 3.05) is 18.5 Å². The summed E-state index contributed by atoms with van der Waals surface area (Å²) in [6.45, 7) is 2.89. The van der Waals surface area contributed by atoms with Gasteiger partial charge in [0.15, 0.2) is 0 Å². The molecule has 1 amide bonds. The summed E-state index contributed by atoms with van der Waals surface area (Å²) >= 11 is 0. The molecule has 0 bridgehead atoms. The Bertz CT molecular complexity index is 230. The Morgan fingerprint density at radius 3 is 2.58 bits per heavy atom. The van der Waals surface area contributed by atoms with Crippen molar-refractivity contribution in [1.29, 1.82) is 0 Å². The van der Waals surface area contributed by atoms with Crippen LogP contribution in [0.4, 0.5) is 0 Å². The summed E-state index contributed by atoms with van der Waals surface area (Å²) in [5, 5.41) is 2.69. The molecule has 0 spiro atoms. The maximum absolute atomic E-state index is 10.5. The fourth-order valence-corrected chi connectivity index (χ4v) is 0.863. The molecular weight excluding hydrogens is 154 g/mol. The molecule has 0 aliphatic carbocycles. The first-order valence-corrected chi connectivity index (χ1v) is 3.90. The van der Waals surface area contributed by atoms with E-state index in [4.69, 9.17) is 0 Å². The van der Waals surface area contributed by atoms with Crippen LogP contribution in [-0.2, 0) is 4.79 Å².